The van der Waals surface area contributed by atoms with Crippen LogP contribution in [0.3, 0.4) is 0 Å². The van der Waals surface area contributed by atoms with Gasteiger partial charge in [0.15, 0.2) is 0 Å². The van der Waals surface area contributed by atoms with E-state index in [-0.39, 0.29) is 11.9 Å². The monoisotopic (exact) mass is 454 g/mol. The highest BCUT2D eigenvalue weighted by atomic mass is 16.5. The zero-order chi connectivity index (χ0) is 23.7. The van der Waals surface area contributed by atoms with Crippen LogP contribution in [0, 0.1) is 0 Å². The molecule has 172 valence electrons. The lowest BCUT2D eigenvalue weighted by molar-refractivity contribution is 0.0925. The van der Waals surface area contributed by atoms with Gasteiger partial charge in [-0.2, -0.15) is 5.10 Å². The topological polar surface area (TPSA) is 108 Å². The number of nitrogens with zero attached hydrogens (tertiary/aromatic N) is 4. The quantitative estimate of drug-likeness (QED) is 0.455. The molecule has 0 saturated heterocycles. The highest BCUT2D eigenvalue weighted by molar-refractivity contribution is 6.03. The summed E-state index contributed by atoms with van der Waals surface area (Å²) in [5.41, 5.74) is 11.5. The van der Waals surface area contributed by atoms with E-state index in [1.165, 1.54) is 5.56 Å². The summed E-state index contributed by atoms with van der Waals surface area (Å²) in [6, 6.07) is 17.9. The van der Waals surface area contributed by atoms with Gasteiger partial charge in [-0.15, -0.1) is 0 Å². The molecular weight excluding hydrogens is 428 g/mol. The molecule has 2 aromatic carbocycles. The van der Waals surface area contributed by atoms with E-state index in [9.17, 15) is 4.79 Å². The number of fused-ring (bicyclic) bond motifs is 1. The second-order valence-corrected chi connectivity index (χ2v) is 8.56. The third-order valence-electron chi connectivity index (χ3n) is 5.89. The lowest BCUT2D eigenvalue weighted by Gasteiger charge is -2.15. The Balaban J connectivity index is 1.43. The van der Waals surface area contributed by atoms with Crippen LogP contribution in [-0.2, 0) is 13.2 Å². The Morgan fingerprint density at radius 1 is 1.09 bits per heavy atom. The van der Waals surface area contributed by atoms with Gasteiger partial charge in [0.05, 0.1) is 12.2 Å². The number of nitrogens with one attached hydrogen (secondary N) is 1. The molecule has 0 atom stereocenters. The first-order chi connectivity index (χ1) is 16.5. The van der Waals surface area contributed by atoms with Gasteiger partial charge in [-0.25, -0.2) is 9.97 Å². The fourth-order valence-electron chi connectivity index (χ4n) is 4.06. The fourth-order valence-corrected chi connectivity index (χ4v) is 4.06. The van der Waals surface area contributed by atoms with Crippen LogP contribution >= 0.6 is 0 Å². The summed E-state index contributed by atoms with van der Waals surface area (Å²) in [7, 11) is 0. The number of ether oxygens (including phenoxy) is 1. The van der Waals surface area contributed by atoms with Crippen molar-refractivity contribution in [2.75, 3.05) is 12.3 Å². The summed E-state index contributed by atoms with van der Waals surface area (Å²) < 4.78 is 7.72. The van der Waals surface area contributed by atoms with E-state index < -0.39 is 0 Å². The SMILES string of the molecule is CC(C)c1ccc(COc2ccc(-c3c(-c4ccnc(N)n4)nn4c3C(=O)NCC4)cc2)cc1. The molecule has 1 aliphatic rings. The van der Waals surface area contributed by atoms with E-state index in [1.807, 2.05) is 24.3 Å². The Morgan fingerprint density at radius 2 is 1.85 bits per heavy atom. The average molecular weight is 455 g/mol. The van der Waals surface area contributed by atoms with Crippen molar-refractivity contribution in [2.45, 2.75) is 32.9 Å². The van der Waals surface area contributed by atoms with Crippen molar-refractivity contribution in [1.29, 1.82) is 0 Å². The smallest absolute Gasteiger partial charge is 0.270 e. The van der Waals surface area contributed by atoms with Gasteiger partial charge < -0.3 is 15.8 Å². The molecule has 5 rings (SSSR count). The first kappa shape index (κ1) is 21.6. The molecule has 3 heterocycles. The highest BCUT2D eigenvalue weighted by Gasteiger charge is 2.28. The minimum absolute atomic E-state index is 0.157. The van der Waals surface area contributed by atoms with Crippen molar-refractivity contribution in [1.82, 2.24) is 25.1 Å². The van der Waals surface area contributed by atoms with E-state index in [2.05, 4.69) is 58.5 Å². The molecule has 1 aliphatic heterocycles. The Morgan fingerprint density at radius 3 is 2.56 bits per heavy atom. The van der Waals surface area contributed by atoms with Crippen LogP contribution in [-0.4, -0.2) is 32.2 Å². The number of carbonyl (C=O) groups is 1. The maximum absolute atomic E-state index is 12.7. The van der Waals surface area contributed by atoms with Crippen LogP contribution in [0.1, 0.15) is 41.4 Å². The van der Waals surface area contributed by atoms with Crippen molar-refractivity contribution >= 4 is 11.9 Å². The third kappa shape index (κ3) is 4.22. The van der Waals surface area contributed by atoms with Gasteiger partial charge in [0.1, 0.15) is 23.7 Å². The van der Waals surface area contributed by atoms with Gasteiger partial charge >= 0.3 is 0 Å². The van der Waals surface area contributed by atoms with Crippen molar-refractivity contribution in [3.8, 4) is 28.3 Å². The second kappa shape index (κ2) is 8.97. The Kier molecular flexibility index (Phi) is 5.71. The maximum Gasteiger partial charge on any atom is 0.270 e. The largest absolute Gasteiger partial charge is 0.489 e. The molecule has 0 fully saturated rings. The summed E-state index contributed by atoms with van der Waals surface area (Å²) >= 11 is 0. The molecule has 34 heavy (non-hydrogen) atoms. The van der Waals surface area contributed by atoms with Crippen molar-refractivity contribution < 1.29 is 9.53 Å². The van der Waals surface area contributed by atoms with Gasteiger partial charge in [0, 0.05) is 18.3 Å². The number of nitrogen functional groups attached to an aromatic ring is 1. The van der Waals surface area contributed by atoms with Gasteiger partial charge in [0.2, 0.25) is 5.95 Å². The molecule has 3 N–H and O–H groups in total. The molecule has 0 unspecified atom stereocenters. The van der Waals surface area contributed by atoms with Gasteiger partial charge in [-0.1, -0.05) is 50.2 Å². The molecule has 1 amide bonds. The maximum atomic E-state index is 12.7. The van der Waals surface area contributed by atoms with Crippen LogP contribution in [0.5, 0.6) is 5.75 Å². The fraction of sp³-hybridized carbons (Fsp3) is 0.231. The van der Waals surface area contributed by atoms with Crippen molar-refractivity contribution in [2.24, 2.45) is 0 Å². The predicted octanol–water partition coefficient (Wildman–Crippen LogP) is 4.04. The number of hydrogen-bond acceptors (Lipinski definition) is 6. The number of anilines is 1. The van der Waals surface area contributed by atoms with Crippen molar-refractivity contribution in [3.63, 3.8) is 0 Å². The normalized spacial score (nSPS) is 13.0. The van der Waals surface area contributed by atoms with Crippen molar-refractivity contribution in [3.05, 3.63) is 77.6 Å². The average Bonchev–Trinajstić information content (AvgIpc) is 3.24. The summed E-state index contributed by atoms with van der Waals surface area (Å²) in [5.74, 6) is 1.24. The number of nitrogens with two attached hydrogens (primary N) is 1. The van der Waals surface area contributed by atoms with E-state index in [1.54, 1.807) is 16.9 Å². The third-order valence-corrected chi connectivity index (χ3v) is 5.89. The number of carbonyl (C=O) groups excluding carboxylic acids is 1. The van der Waals surface area contributed by atoms with Gasteiger partial charge in [-0.3, -0.25) is 9.48 Å². The van der Waals surface area contributed by atoms with E-state index >= 15 is 0 Å². The number of amides is 1. The zero-order valence-electron chi connectivity index (χ0n) is 19.2. The molecule has 0 saturated carbocycles. The molecule has 0 aliphatic carbocycles. The zero-order valence-corrected chi connectivity index (χ0v) is 19.2. The van der Waals surface area contributed by atoms with Crippen LogP contribution in [0.15, 0.2) is 60.8 Å². The first-order valence-corrected chi connectivity index (χ1v) is 11.3. The Labute approximate surface area is 197 Å². The lowest BCUT2D eigenvalue weighted by atomic mass is 10.00. The second-order valence-electron chi connectivity index (χ2n) is 8.56. The molecular formula is C26H26N6O2. The lowest BCUT2D eigenvalue weighted by Crippen LogP contribution is -2.35. The van der Waals surface area contributed by atoms with Gasteiger partial charge in [-0.05, 0) is 40.8 Å². The molecule has 0 bridgehead atoms. The molecule has 8 heteroatoms. The van der Waals surface area contributed by atoms with E-state index in [4.69, 9.17) is 10.5 Å². The summed E-state index contributed by atoms with van der Waals surface area (Å²) in [5, 5.41) is 7.59. The molecule has 4 aromatic rings. The number of aromatic nitrogens is 4. The molecule has 2 aromatic heterocycles. The summed E-state index contributed by atoms with van der Waals surface area (Å²) in [4.78, 5) is 21.0. The minimum atomic E-state index is -0.160. The first-order valence-electron chi connectivity index (χ1n) is 11.3. The van der Waals surface area contributed by atoms with Crippen LogP contribution in [0.2, 0.25) is 0 Å². The molecule has 8 nitrogen and oxygen atoms in total. The van der Waals surface area contributed by atoms with Gasteiger partial charge in [0.25, 0.3) is 5.91 Å². The Hall–Kier alpha value is -4.20. The Bertz CT molecular complexity index is 1330. The minimum Gasteiger partial charge on any atom is -0.489 e. The predicted molar refractivity (Wildman–Crippen MR) is 130 cm³/mol. The summed E-state index contributed by atoms with van der Waals surface area (Å²) in [6.07, 6.45) is 1.59. The van der Waals surface area contributed by atoms with E-state index in [0.29, 0.717) is 48.3 Å². The number of hydrogen-bond donors (Lipinski definition) is 2. The molecule has 0 spiro atoms. The van der Waals surface area contributed by atoms with E-state index in [0.717, 1.165) is 16.9 Å². The number of rotatable bonds is 6. The summed E-state index contributed by atoms with van der Waals surface area (Å²) in [6.45, 7) is 5.96. The highest BCUT2D eigenvalue weighted by Crippen LogP contribution is 2.35. The molecule has 0 radical (unpaired) electrons. The van der Waals surface area contributed by atoms with Crippen LogP contribution in [0.4, 0.5) is 5.95 Å². The number of benzene rings is 2. The van der Waals surface area contributed by atoms with Crippen LogP contribution < -0.4 is 15.8 Å². The standard InChI is InChI=1S/C26H26N6O2/c1-16(2)18-5-3-17(4-6-18)15-34-20-9-7-19(8-10-20)22-23(21-11-12-29-26(27)30-21)31-32-14-13-28-25(33)24(22)32/h3-12,16H,13-15H2,1-2H3,(H,28,33)(H2,27,29,30). The van der Waals surface area contributed by atoms with Crippen LogP contribution in [0.25, 0.3) is 22.5 Å².